The largest absolute Gasteiger partial charge is 0.392 e. The molecule has 1 saturated carbocycles. The van der Waals surface area contributed by atoms with Gasteiger partial charge in [0.05, 0.1) is 18.8 Å². The minimum atomic E-state index is -0.370. The number of piperidine rings is 1. The molecule has 0 radical (unpaired) electrons. The van der Waals surface area contributed by atoms with Crippen LogP contribution in [0, 0.1) is 17.8 Å². The van der Waals surface area contributed by atoms with Gasteiger partial charge in [0.25, 0.3) is 0 Å². The van der Waals surface area contributed by atoms with Crippen molar-refractivity contribution < 1.29 is 14.9 Å². The zero-order chi connectivity index (χ0) is 20.5. The van der Waals surface area contributed by atoms with Crippen LogP contribution in [0.15, 0.2) is 23.8 Å². The first-order valence-corrected chi connectivity index (χ1v) is 12.2. The summed E-state index contributed by atoms with van der Waals surface area (Å²) < 4.78 is 5.97. The van der Waals surface area contributed by atoms with Gasteiger partial charge in [0.2, 0.25) is 0 Å². The Morgan fingerprint density at radius 3 is 2.83 bits per heavy atom. The molecule has 0 bridgehead atoms. The molecule has 2 N–H and O–H groups in total. The SMILES string of the molecule is CCCCC[C@H](O)C=C[C@@H]1[C@H]2CC(COCCCN3CCCCC3)=C[C@H]2C[C@H]1O. The molecule has 0 aromatic rings. The van der Waals surface area contributed by atoms with Crippen molar-refractivity contribution in [2.75, 3.05) is 32.8 Å². The number of hydrogen-bond acceptors (Lipinski definition) is 4. The van der Waals surface area contributed by atoms with Gasteiger partial charge in [-0.25, -0.2) is 0 Å². The van der Waals surface area contributed by atoms with E-state index in [2.05, 4.69) is 24.0 Å². The van der Waals surface area contributed by atoms with Gasteiger partial charge in [-0.2, -0.15) is 0 Å². The summed E-state index contributed by atoms with van der Waals surface area (Å²) in [6.07, 6.45) is 17.1. The lowest BCUT2D eigenvalue weighted by molar-refractivity contribution is 0.126. The minimum Gasteiger partial charge on any atom is -0.392 e. The van der Waals surface area contributed by atoms with Gasteiger partial charge in [-0.1, -0.05) is 50.8 Å². The molecule has 1 aliphatic heterocycles. The lowest BCUT2D eigenvalue weighted by Crippen LogP contribution is -2.31. The van der Waals surface area contributed by atoms with Crippen molar-refractivity contribution >= 4 is 0 Å². The number of fused-ring (bicyclic) bond motifs is 1. The zero-order valence-electron chi connectivity index (χ0n) is 18.5. The number of ether oxygens (including phenoxy) is 1. The fourth-order valence-corrected chi connectivity index (χ4v) is 5.44. The van der Waals surface area contributed by atoms with Crippen LogP contribution in [0.3, 0.4) is 0 Å². The van der Waals surface area contributed by atoms with Crippen LogP contribution in [0.25, 0.3) is 0 Å². The predicted octanol–water partition coefficient (Wildman–Crippen LogP) is 4.32. The summed E-state index contributed by atoms with van der Waals surface area (Å²) in [7, 11) is 0. The number of unbranched alkanes of at least 4 members (excludes halogenated alkanes) is 2. The van der Waals surface area contributed by atoms with E-state index in [9.17, 15) is 10.2 Å². The quantitative estimate of drug-likeness (QED) is 0.375. The Bertz CT molecular complexity index is 526. The summed E-state index contributed by atoms with van der Waals surface area (Å²) in [5.74, 6) is 1.13. The molecule has 0 amide bonds. The summed E-state index contributed by atoms with van der Waals surface area (Å²) >= 11 is 0. The monoisotopic (exact) mass is 405 g/mol. The molecule has 0 unspecified atom stereocenters. The molecule has 4 nitrogen and oxygen atoms in total. The average molecular weight is 406 g/mol. The average Bonchev–Trinajstić information content (AvgIpc) is 3.23. The standard InChI is InChI=1S/C25H43NO3/c1-2-3-5-9-22(27)10-11-23-24-17-20(16-21(24)18-25(23)28)19-29-15-8-14-26-12-6-4-7-13-26/h10-11,16,21-25,27-28H,2-9,12-15,17-19H2,1H3/t21-,22-,23+,24-,25+/m0/s1. The Labute approximate surface area is 178 Å². The van der Waals surface area contributed by atoms with Gasteiger partial charge >= 0.3 is 0 Å². The first-order valence-electron chi connectivity index (χ1n) is 12.2. The normalized spacial score (nSPS) is 31.3. The van der Waals surface area contributed by atoms with Gasteiger partial charge in [-0.3, -0.25) is 0 Å². The van der Waals surface area contributed by atoms with Gasteiger partial charge in [0.1, 0.15) is 0 Å². The summed E-state index contributed by atoms with van der Waals surface area (Å²) in [6.45, 7) is 7.47. The second-order valence-corrected chi connectivity index (χ2v) is 9.49. The highest BCUT2D eigenvalue weighted by Crippen LogP contribution is 2.47. The van der Waals surface area contributed by atoms with Crippen LogP contribution in [0.2, 0.25) is 0 Å². The van der Waals surface area contributed by atoms with Crippen molar-refractivity contribution in [3.05, 3.63) is 23.8 Å². The summed E-state index contributed by atoms with van der Waals surface area (Å²) in [5, 5.41) is 20.7. The number of allylic oxidation sites excluding steroid dienone is 1. The Kier molecular flexibility index (Phi) is 9.71. The number of nitrogens with zero attached hydrogens (tertiary/aromatic N) is 1. The van der Waals surface area contributed by atoms with Crippen LogP contribution in [-0.2, 0) is 4.74 Å². The molecule has 4 heteroatoms. The highest BCUT2D eigenvalue weighted by Gasteiger charge is 2.43. The summed E-state index contributed by atoms with van der Waals surface area (Å²) in [6, 6.07) is 0. The number of rotatable bonds is 12. The first-order chi connectivity index (χ1) is 14.2. The van der Waals surface area contributed by atoms with E-state index in [1.165, 1.54) is 57.3 Å². The number of likely N-dealkylation sites (tertiary alicyclic amines) is 1. The fourth-order valence-electron chi connectivity index (χ4n) is 5.44. The first kappa shape index (κ1) is 23.0. The molecule has 166 valence electrons. The van der Waals surface area contributed by atoms with Crippen LogP contribution < -0.4 is 0 Å². The Morgan fingerprint density at radius 1 is 1.21 bits per heavy atom. The molecule has 1 saturated heterocycles. The smallest absolute Gasteiger partial charge is 0.0721 e. The van der Waals surface area contributed by atoms with Crippen LogP contribution >= 0.6 is 0 Å². The van der Waals surface area contributed by atoms with E-state index in [0.717, 1.165) is 45.3 Å². The Balaban J connectivity index is 1.34. The van der Waals surface area contributed by atoms with E-state index < -0.39 is 0 Å². The molecule has 5 atom stereocenters. The van der Waals surface area contributed by atoms with Crippen molar-refractivity contribution in [1.82, 2.24) is 4.90 Å². The van der Waals surface area contributed by atoms with Gasteiger partial charge in [0, 0.05) is 19.1 Å². The van der Waals surface area contributed by atoms with Crippen LogP contribution in [-0.4, -0.2) is 60.2 Å². The summed E-state index contributed by atoms with van der Waals surface area (Å²) in [5.41, 5.74) is 1.41. The molecule has 2 aliphatic carbocycles. The van der Waals surface area contributed by atoms with Gasteiger partial charge in [-0.05, 0) is 69.0 Å². The lowest BCUT2D eigenvalue weighted by atomic mass is 9.89. The van der Waals surface area contributed by atoms with Crippen molar-refractivity contribution in [1.29, 1.82) is 0 Å². The van der Waals surface area contributed by atoms with E-state index in [1.54, 1.807) is 0 Å². The second-order valence-electron chi connectivity index (χ2n) is 9.49. The number of aliphatic hydroxyl groups is 2. The van der Waals surface area contributed by atoms with Crippen molar-refractivity contribution in [3.63, 3.8) is 0 Å². The van der Waals surface area contributed by atoms with Gasteiger partial charge in [0.15, 0.2) is 0 Å². The maximum atomic E-state index is 10.5. The molecule has 0 spiro atoms. The van der Waals surface area contributed by atoms with Crippen molar-refractivity contribution in [2.24, 2.45) is 17.8 Å². The maximum Gasteiger partial charge on any atom is 0.0721 e. The van der Waals surface area contributed by atoms with Gasteiger partial charge < -0.3 is 19.8 Å². The Hall–Kier alpha value is -0.680. The predicted molar refractivity (Wildman–Crippen MR) is 119 cm³/mol. The molecule has 0 aromatic carbocycles. The van der Waals surface area contributed by atoms with Gasteiger partial charge in [-0.15, -0.1) is 0 Å². The number of aliphatic hydroxyl groups excluding tert-OH is 2. The van der Waals surface area contributed by atoms with Crippen LogP contribution in [0.1, 0.15) is 71.1 Å². The second kappa shape index (κ2) is 12.2. The van der Waals surface area contributed by atoms with E-state index in [1.807, 2.05) is 6.08 Å². The topological polar surface area (TPSA) is 52.9 Å². The fraction of sp³-hybridized carbons (Fsp3) is 0.840. The van der Waals surface area contributed by atoms with E-state index in [0.29, 0.717) is 11.8 Å². The summed E-state index contributed by atoms with van der Waals surface area (Å²) in [4.78, 5) is 2.57. The third kappa shape index (κ3) is 7.20. The minimum absolute atomic E-state index is 0.175. The van der Waals surface area contributed by atoms with E-state index >= 15 is 0 Å². The third-order valence-electron chi connectivity index (χ3n) is 7.11. The maximum absolute atomic E-state index is 10.5. The molecular formula is C25H43NO3. The highest BCUT2D eigenvalue weighted by atomic mass is 16.5. The Morgan fingerprint density at radius 2 is 2.03 bits per heavy atom. The molecule has 29 heavy (non-hydrogen) atoms. The van der Waals surface area contributed by atoms with Crippen molar-refractivity contribution in [3.8, 4) is 0 Å². The van der Waals surface area contributed by atoms with Crippen LogP contribution in [0.4, 0.5) is 0 Å². The molecule has 3 aliphatic rings. The molecule has 0 aromatic heterocycles. The molecule has 3 rings (SSSR count). The highest BCUT2D eigenvalue weighted by molar-refractivity contribution is 5.21. The third-order valence-corrected chi connectivity index (χ3v) is 7.11. The van der Waals surface area contributed by atoms with E-state index in [-0.39, 0.29) is 18.1 Å². The molecular weight excluding hydrogens is 362 g/mol. The van der Waals surface area contributed by atoms with E-state index in [4.69, 9.17) is 4.74 Å². The van der Waals surface area contributed by atoms with Crippen LogP contribution in [0.5, 0.6) is 0 Å². The number of hydrogen-bond donors (Lipinski definition) is 2. The van der Waals surface area contributed by atoms with Crippen molar-refractivity contribution in [2.45, 2.75) is 83.3 Å². The molecule has 2 fully saturated rings. The molecule has 1 heterocycles. The lowest BCUT2D eigenvalue weighted by Gasteiger charge is -2.26. The zero-order valence-corrected chi connectivity index (χ0v) is 18.5.